The fraction of sp³-hybridized carbons (Fsp3) is 0.947. The van der Waals surface area contributed by atoms with Crippen LogP contribution in [-0.4, -0.2) is 60.7 Å². The first-order valence-corrected chi connectivity index (χ1v) is 9.88. The average Bonchev–Trinajstić information content (AvgIpc) is 2.57. The Balaban J connectivity index is 1.88. The van der Waals surface area contributed by atoms with Crippen molar-refractivity contribution in [3.05, 3.63) is 0 Å². The minimum absolute atomic E-state index is 0.240. The normalized spacial score (nSPS) is 33.5. The van der Waals surface area contributed by atoms with E-state index in [2.05, 4.69) is 12.2 Å². The number of ether oxygens (including phenoxy) is 4. The lowest BCUT2D eigenvalue weighted by atomic mass is 9.95. The maximum absolute atomic E-state index is 11.6. The van der Waals surface area contributed by atoms with Gasteiger partial charge in [0.05, 0.1) is 6.61 Å². The van der Waals surface area contributed by atoms with Crippen LogP contribution in [0.2, 0.25) is 0 Å². The fourth-order valence-corrected chi connectivity index (χ4v) is 3.46. The number of carbonyl (C=O) groups is 1. The third-order valence-corrected chi connectivity index (χ3v) is 4.84. The number of rotatable bonds is 9. The van der Waals surface area contributed by atoms with E-state index in [4.69, 9.17) is 18.9 Å². The van der Waals surface area contributed by atoms with Crippen molar-refractivity contribution in [3.63, 3.8) is 0 Å². The molecular weight excluding hydrogens is 338 g/mol. The zero-order valence-electron chi connectivity index (χ0n) is 16.5. The molecule has 0 unspecified atom stereocenters. The molecule has 26 heavy (non-hydrogen) atoms. The first-order chi connectivity index (χ1) is 12.3. The molecule has 0 spiro atoms. The quantitative estimate of drug-likeness (QED) is 0.602. The van der Waals surface area contributed by atoms with Gasteiger partial charge < -0.3 is 29.4 Å². The number of unbranched alkanes of at least 4 members (excludes halogenated alkanes) is 5. The predicted octanol–water partition coefficient (Wildman–Crippen LogP) is 2.11. The molecule has 0 saturated carbocycles. The molecule has 152 valence electrons. The molecule has 7 heteroatoms. The summed E-state index contributed by atoms with van der Waals surface area (Å²) in [6.07, 6.45) is 4.36. The number of aliphatic hydroxyl groups excluding tert-OH is 1. The molecule has 2 fully saturated rings. The lowest BCUT2D eigenvalue weighted by Crippen LogP contribution is -2.68. The zero-order valence-corrected chi connectivity index (χ0v) is 16.5. The Bertz CT molecular complexity index is 444. The molecule has 0 radical (unpaired) electrons. The molecule has 7 nitrogen and oxygen atoms in total. The van der Waals surface area contributed by atoms with Crippen molar-refractivity contribution in [2.45, 2.75) is 103 Å². The minimum atomic E-state index is -0.921. The van der Waals surface area contributed by atoms with Gasteiger partial charge in [-0.2, -0.15) is 0 Å². The van der Waals surface area contributed by atoms with Gasteiger partial charge in [-0.1, -0.05) is 39.0 Å². The molecule has 0 aromatic heterocycles. The van der Waals surface area contributed by atoms with Crippen LogP contribution >= 0.6 is 0 Å². The Hall–Kier alpha value is -0.730. The van der Waals surface area contributed by atoms with E-state index >= 15 is 0 Å². The van der Waals surface area contributed by atoms with E-state index in [0.29, 0.717) is 13.2 Å². The smallest absolute Gasteiger partial charge is 0.217 e. The van der Waals surface area contributed by atoms with E-state index in [-0.39, 0.29) is 5.91 Å². The summed E-state index contributed by atoms with van der Waals surface area (Å²) in [5.41, 5.74) is 0. The number of aliphatic hydroxyl groups is 1. The maximum atomic E-state index is 11.6. The molecule has 1 amide bonds. The number of fused-ring (bicyclic) bond motifs is 1. The number of carbonyl (C=O) groups excluding carboxylic acids is 1. The largest absolute Gasteiger partial charge is 0.388 e. The Morgan fingerprint density at radius 2 is 1.92 bits per heavy atom. The van der Waals surface area contributed by atoms with Crippen LogP contribution in [0.3, 0.4) is 0 Å². The third-order valence-electron chi connectivity index (χ3n) is 4.84. The minimum Gasteiger partial charge on any atom is -0.388 e. The van der Waals surface area contributed by atoms with Crippen molar-refractivity contribution in [3.8, 4) is 0 Å². The van der Waals surface area contributed by atoms with E-state index < -0.39 is 36.4 Å². The van der Waals surface area contributed by atoms with Gasteiger partial charge in [0.1, 0.15) is 24.4 Å². The molecule has 0 aliphatic carbocycles. The summed E-state index contributed by atoms with van der Waals surface area (Å²) < 4.78 is 23.3. The molecule has 2 rings (SSSR count). The van der Waals surface area contributed by atoms with Crippen molar-refractivity contribution in [2.24, 2.45) is 0 Å². The summed E-state index contributed by atoms with van der Waals surface area (Å²) in [5, 5.41) is 13.5. The fourth-order valence-electron chi connectivity index (χ4n) is 3.46. The standard InChI is InChI=1S/C19H35NO6/c1-5-6-7-8-9-10-11-23-18-15(20-13(2)21)16(22)17-14(25-18)12-24-19(3,4)26-17/h14-18,22H,5-12H2,1-4H3,(H,20,21)/t14-,15+,16+,17+,18-/m1/s1. The first-order valence-electron chi connectivity index (χ1n) is 9.88. The van der Waals surface area contributed by atoms with Crippen molar-refractivity contribution in [1.29, 1.82) is 0 Å². The van der Waals surface area contributed by atoms with Gasteiger partial charge in [0.25, 0.3) is 0 Å². The third kappa shape index (κ3) is 6.16. The van der Waals surface area contributed by atoms with Crippen LogP contribution in [0.15, 0.2) is 0 Å². The van der Waals surface area contributed by atoms with Crippen molar-refractivity contribution >= 4 is 5.91 Å². The monoisotopic (exact) mass is 373 g/mol. The molecule has 0 bridgehead atoms. The van der Waals surface area contributed by atoms with Gasteiger partial charge in [-0.05, 0) is 20.3 Å². The number of hydrogen-bond donors (Lipinski definition) is 2. The van der Waals surface area contributed by atoms with Gasteiger partial charge in [0, 0.05) is 13.5 Å². The van der Waals surface area contributed by atoms with Crippen LogP contribution in [0.5, 0.6) is 0 Å². The van der Waals surface area contributed by atoms with Gasteiger partial charge in [0.2, 0.25) is 5.91 Å². The second-order valence-electron chi connectivity index (χ2n) is 7.69. The van der Waals surface area contributed by atoms with Gasteiger partial charge in [0.15, 0.2) is 12.1 Å². The Labute approximate surface area is 156 Å². The Morgan fingerprint density at radius 1 is 1.23 bits per heavy atom. The first kappa shape index (κ1) is 21.6. The highest BCUT2D eigenvalue weighted by molar-refractivity contribution is 5.73. The van der Waals surface area contributed by atoms with E-state index in [9.17, 15) is 9.90 Å². The van der Waals surface area contributed by atoms with Gasteiger partial charge in [-0.3, -0.25) is 4.79 Å². The van der Waals surface area contributed by atoms with Crippen molar-refractivity contribution < 1.29 is 28.8 Å². The lowest BCUT2D eigenvalue weighted by Gasteiger charge is -2.49. The second kappa shape index (κ2) is 9.99. The second-order valence-corrected chi connectivity index (χ2v) is 7.69. The average molecular weight is 373 g/mol. The Morgan fingerprint density at radius 3 is 2.62 bits per heavy atom. The summed E-state index contributed by atoms with van der Waals surface area (Å²) >= 11 is 0. The molecule has 2 N–H and O–H groups in total. The van der Waals surface area contributed by atoms with Crippen LogP contribution in [0, 0.1) is 0 Å². The van der Waals surface area contributed by atoms with E-state index in [1.807, 2.05) is 0 Å². The van der Waals surface area contributed by atoms with Crippen molar-refractivity contribution in [1.82, 2.24) is 5.32 Å². The summed E-state index contributed by atoms with van der Waals surface area (Å²) in [6, 6.07) is -0.664. The van der Waals surface area contributed by atoms with Crippen LogP contribution in [0.25, 0.3) is 0 Å². The van der Waals surface area contributed by atoms with Crippen LogP contribution in [0.4, 0.5) is 0 Å². The molecule has 5 atom stereocenters. The molecule has 2 heterocycles. The molecule has 2 saturated heterocycles. The van der Waals surface area contributed by atoms with Gasteiger partial charge in [-0.25, -0.2) is 0 Å². The highest BCUT2D eigenvalue weighted by Gasteiger charge is 2.51. The van der Waals surface area contributed by atoms with Crippen LogP contribution in [-0.2, 0) is 23.7 Å². The molecular formula is C19H35NO6. The van der Waals surface area contributed by atoms with Crippen LogP contribution in [0.1, 0.15) is 66.2 Å². The number of amides is 1. The van der Waals surface area contributed by atoms with Crippen molar-refractivity contribution in [2.75, 3.05) is 13.2 Å². The summed E-state index contributed by atoms with van der Waals surface area (Å²) in [6.45, 7) is 8.06. The Kier molecular flexibility index (Phi) is 8.29. The molecule has 2 aliphatic rings. The van der Waals surface area contributed by atoms with Gasteiger partial charge in [-0.15, -0.1) is 0 Å². The number of hydrogen-bond acceptors (Lipinski definition) is 6. The lowest BCUT2D eigenvalue weighted by molar-refractivity contribution is -0.368. The predicted molar refractivity (Wildman–Crippen MR) is 96.5 cm³/mol. The summed E-state index contributed by atoms with van der Waals surface area (Å²) in [4.78, 5) is 11.6. The molecule has 2 aliphatic heterocycles. The van der Waals surface area contributed by atoms with E-state index in [1.165, 1.54) is 32.6 Å². The molecule has 0 aromatic rings. The topological polar surface area (TPSA) is 86.2 Å². The number of nitrogens with one attached hydrogen (secondary N) is 1. The maximum Gasteiger partial charge on any atom is 0.217 e. The summed E-state index contributed by atoms with van der Waals surface area (Å²) in [5.74, 6) is -1.03. The molecule has 0 aromatic carbocycles. The van der Waals surface area contributed by atoms with E-state index in [1.54, 1.807) is 13.8 Å². The van der Waals surface area contributed by atoms with E-state index in [0.717, 1.165) is 12.8 Å². The van der Waals surface area contributed by atoms with Crippen LogP contribution < -0.4 is 5.32 Å². The van der Waals surface area contributed by atoms with Gasteiger partial charge >= 0.3 is 0 Å². The zero-order chi connectivity index (χ0) is 19.2. The SMILES string of the molecule is CCCCCCCCO[C@@H]1O[C@@H]2COC(C)(C)O[C@@H]2[C@@H](O)[C@@H]1NC(C)=O. The summed E-state index contributed by atoms with van der Waals surface area (Å²) in [7, 11) is 0. The highest BCUT2D eigenvalue weighted by atomic mass is 16.8. The highest BCUT2D eigenvalue weighted by Crippen LogP contribution is 2.32.